The molecule has 0 amide bonds. The summed E-state index contributed by atoms with van der Waals surface area (Å²) in [4.78, 5) is 0. The second kappa shape index (κ2) is 5.67. The predicted octanol–water partition coefficient (Wildman–Crippen LogP) is 4.63. The highest BCUT2D eigenvalue weighted by atomic mass is 19.1. The Labute approximate surface area is 108 Å². The first kappa shape index (κ1) is 12.6. The van der Waals surface area contributed by atoms with Gasteiger partial charge < -0.3 is 5.32 Å². The van der Waals surface area contributed by atoms with Crippen LogP contribution in [-0.4, -0.2) is 0 Å². The number of halogens is 1. The summed E-state index contributed by atoms with van der Waals surface area (Å²) in [5.74, 6) is 0.172. The summed E-state index contributed by atoms with van der Waals surface area (Å²) in [5.41, 5.74) is 1.73. The summed E-state index contributed by atoms with van der Waals surface area (Å²) in [7, 11) is 0. The number of hydrogen-bond acceptors (Lipinski definition) is 1. The van der Waals surface area contributed by atoms with Crippen molar-refractivity contribution in [1.29, 1.82) is 0 Å². The maximum absolute atomic E-state index is 13.7. The number of hydrogen-bond donors (Lipinski definition) is 1. The van der Waals surface area contributed by atoms with Gasteiger partial charge in [0.25, 0.3) is 0 Å². The molecule has 0 fully saturated rings. The molecule has 0 saturated heterocycles. The molecule has 0 heterocycles. The third kappa shape index (κ3) is 2.89. The van der Waals surface area contributed by atoms with Crippen LogP contribution in [0.3, 0.4) is 0 Å². The Morgan fingerprint density at radius 2 is 1.50 bits per heavy atom. The molecule has 0 saturated carbocycles. The molecule has 94 valence electrons. The van der Waals surface area contributed by atoms with Gasteiger partial charge in [0.05, 0.1) is 11.7 Å². The number of para-hydroxylation sites is 1. The molecule has 1 atom stereocenters. The van der Waals surface area contributed by atoms with Gasteiger partial charge in [-0.15, -0.1) is 0 Å². The van der Waals surface area contributed by atoms with Crippen molar-refractivity contribution in [1.82, 2.24) is 0 Å². The predicted molar refractivity (Wildman–Crippen MR) is 74.0 cm³/mol. The fourth-order valence-electron chi connectivity index (χ4n) is 2.04. The third-order valence-corrected chi connectivity index (χ3v) is 3.01. The summed E-state index contributed by atoms with van der Waals surface area (Å²) in [5, 5.41) is 3.29. The van der Waals surface area contributed by atoms with Crippen LogP contribution < -0.4 is 5.32 Å². The van der Waals surface area contributed by atoms with E-state index in [9.17, 15) is 4.39 Å². The minimum absolute atomic E-state index is 0.114. The van der Waals surface area contributed by atoms with Crippen molar-refractivity contribution in [2.24, 2.45) is 5.92 Å². The molecule has 2 aromatic rings. The van der Waals surface area contributed by atoms with Gasteiger partial charge in [-0.3, -0.25) is 0 Å². The summed E-state index contributed by atoms with van der Waals surface area (Å²) in [6.45, 7) is 4.26. The van der Waals surface area contributed by atoms with Crippen LogP contribution in [0.2, 0.25) is 0 Å². The smallest absolute Gasteiger partial charge is 0.146 e. The van der Waals surface area contributed by atoms with Crippen LogP contribution >= 0.6 is 0 Å². The van der Waals surface area contributed by atoms with Gasteiger partial charge in [-0.25, -0.2) is 4.39 Å². The molecule has 18 heavy (non-hydrogen) atoms. The minimum atomic E-state index is -0.209. The minimum Gasteiger partial charge on any atom is -0.376 e. The number of anilines is 1. The first-order valence-corrected chi connectivity index (χ1v) is 6.24. The molecule has 0 spiro atoms. The lowest BCUT2D eigenvalue weighted by molar-refractivity contribution is 0.540. The van der Waals surface area contributed by atoms with E-state index < -0.39 is 0 Å². The molecule has 2 aromatic carbocycles. The molecule has 0 bridgehead atoms. The number of nitrogens with one attached hydrogen (secondary N) is 1. The molecular formula is C16H18FN. The van der Waals surface area contributed by atoms with E-state index in [-0.39, 0.29) is 11.9 Å². The van der Waals surface area contributed by atoms with E-state index in [1.807, 2.05) is 24.3 Å². The summed E-state index contributed by atoms with van der Waals surface area (Å²) < 4.78 is 13.7. The second-order valence-electron chi connectivity index (χ2n) is 4.76. The van der Waals surface area contributed by atoms with Gasteiger partial charge in [0.2, 0.25) is 0 Å². The zero-order chi connectivity index (χ0) is 13.0. The molecule has 0 aliphatic carbocycles. The van der Waals surface area contributed by atoms with Gasteiger partial charge in [-0.1, -0.05) is 56.3 Å². The number of benzene rings is 2. The zero-order valence-corrected chi connectivity index (χ0v) is 10.7. The quantitative estimate of drug-likeness (QED) is 0.825. The van der Waals surface area contributed by atoms with Gasteiger partial charge in [-0.2, -0.15) is 0 Å². The Morgan fingerprint density at radius 1 is 0.889 bits per heavy atom. The van der Waals surface area contributed by atoms with Crippen LogP contribution in [0.15, 0.2) is 54.6 Å². The van der Waals surface area contributed by atoms with Crippen molar-refractivity contribution in [2.75, 3.05) is 5.32 Å². The van der Waals surface area contributed by atoms with Crippen LogP contribution in [0.5, 0.6) is 0 Å². The summed E-state index contributed by atoms with van der Waals surface area (Å²) in [6, 6.07) is 17.0. The van der Waals surface area contributed by atoms with Crippen LogP contribution in [0.1, 0.15) is 25.5 Å². The van der Waals surface area contributed by atoms with E-state index in [0.717, 1.165) is 0 Å². The normalized spacial score (nSPS) is 12.4. The van der Waals surface area contributed by atoms with Gasteiger partial charge in [0.15, 0.2) is 0 Å². The maximum Gasteiger partial charge on any atom is 0.146 e. The molecule has 0 aliphatic rings. The lowest BCUT2D eigenvalue weighted by Crippen LogP contribution is -2.17. The standard InChI is InChI=1S/C16H18FN/c1-12(2)16(13-8-4-3-5-9-13)18-15-11-7-6-10-14(15)17/h3-12,16,18H,1-2H3. The average molecular weight is 243 g/mol. The molecule has 0 aliphatic heterocycles. The van der Waals surface area contributed by atoms with Crippen molar-refractivity contribution in [3.05, 3.63) is 66.0 Å². The molecule has 2 heteroatoms. The molecule has 1 nitrogen and oxygen atoms in total. The van der Waals surface area contributed by atoms with Crippen LogP contribution in [0.25, 0.3) is 0 Å². The van der Waals surface area contributed by atoms with Gasteiger partial charge in [0.1, 0.15) is 5.82 Å². The average Bonchev–Trinajstić information content (AvgIpc) is 2.38. The van der Waals surface area contributed by atoms with Crippen molar-refractivity contribution in [2.45, 2.75) is 19.9 Å². The van der Waals surface area contributed by atoms with Gasteiger partial charge >= 0.3 is 0 Å². The van der Waals surface area contributed by atoms with E-state index in [4.69, 9.17) is 0 Å². The van der Waals surface area contributed by atoms with E-state index in [1.54, 1.807) is 12.1 Å². The fourth-order valence-corrected chi connectivity index (χ4v) is 2.04. The lowest BCUT2D eigenvalue weighted by Gasteiger charge is -2.24. The van der Waals surface area contributed by atoms with Crippen molar-refractivity contribution in [3.8, 4) is 0 Å². The van der Waals surface area contributed by atoms with Crippen LogP contribution in [-0.2, 0) is 0 Å². The molecule has 2 rings (SSSR count). The van der Waals surface area contributed by atoms with Crippen molar-refractivity contribution < 1.29 is 4.39 Å². The van der Waals surface area contributed by atoms with Gasteiger partial charge in [0, 0.05) is 0 Å². The fraction of sp³-hybridized carbons (Fsp3) is 0.250. The maximum atomic E-state index is 13.7. The topological polar surface area (TPSA) is 12.0 Å². The SMILES string of the molecule is CC(C)C(Nc1ccccc1F)c1ccccc1. The second-order valence-corrected chi connectivity index (χ2v) is 4.76. The Hall–Kier alpha value is -1.83. The monoisotopic (exact) mass is 243 g/mol. The van der Waals surface area contributed by atoms with E-state index in [1.165, 1.54) is 11.6 Å². The van der Waals surface area contributed by atoms with Crippen LogP contribution in [0.4, 0.5) is 10.1 Å². The zero-order valence-electron chi connectivity index (χ0n) is 10.7. The lowest BCUT2D eigenvalue weighted by atomic mass is 9.96. The highest BCUT2D eigenvalue weighted by molar-refractivity contribution is 5.46. The largest absolute Gasteiger partial charge is 0.376 e. The highest BCUT2D eigenvalue weighted by Crippen LogP contribution is 2.27. The highest BCUT2D eigenvalue weighted by Gasteiger charge is 2.16. The van der Waals surface area contributed by atoms with E-state index in [2.05, 4.69) is 31.3 Å². The Balaban J connectivity index is 2.26. The van der Waals surface area contributed by atoms with E-state index in [0.29, 0.717) is 11.6 Å². The Kier molecular flexibility index (Phi) is 3.98. The Morgan fingerprint density at radius 3 is 2.11 bits per heavy atom. The first-order chi connectivity index (χ1) is 8.68. The molecule has 1 unspecified atom stereocenters. The van der Waals surface area contributed by atoms with Gasteiger partial charge in [-0.05, 0) is 23.6 Å². The van der Waals surface area contributed by atoms with Crippen molar-refractivity contribution in [3.63, 3.8) is 0 Å². The Bertz CT molecular complexity index is 493. The van der Waals surface area contributed by atoms with Crippen LogP contribution in [0, 0.1) is 11.7 Å². The molecule has 0 radical (unpaired) electrons. The number of rotatable bonds is 4. The summed E-state index contributed by atoms with van der Waals surface area (Å²) >= 11 is 0. The summed E-state index contributed by atoms with van der Waals surface area (Å²) in [6.07, 6.45) is 0. The third-order valence-electron chi connectivity index (χ3n) is 3.01. The first-order valence-electron chi connectivity index (χ1n) is 6.24. The molecule has 1 N–H and O–H groups in total. The van der Waals surface area contributed by atoms with E-state index >= 15 is 0 Å². The molecular weight excluding hydrogens is 225 g/mol. The molecule has 0 aromatic heterocycles. The van der Waals surface area contributed by atoms with Crippen molar-refractivity contribution >= 4 is 5.69 Å².